The summed E-state index contributed by atoms with van der Waals surface area (Å²) in [6.45, 7) is 3.04. The van der Waals surface area contributed by atoms with Gasteiger partial charge in [0.15, 0.2) is 0 Å². The smallest absolute Gasteiger partial charge is 0.409 e. The van der Waals surface area contributed by atoms with Crippen LogP contribution < -0.4 is 5.32 Å². The Morgan fingerprint density at radius 3 is 2.91 bits per heavy atom. The second-order valence-corrected chi connectivity index (χ2v) is 5.86. The number of likely N-dealkylation sites (tertiary alicyclic amines) is 1. The number of halogens is 2. The molecule has 1 unspecified atom stereocenters. The number of anilines is 1. The van der Waals surface area contributed by atoms with Crippen LogP contribution in [0.3, 0.4) is 0 Å². The van der Waals surface area contributed by atoms with Gasteiger partial charge in [0.05, 0.1) is 28.3 Å². The predicted octanol–water partition coefficient (Wildman–Crippen LogP) is 3.80. The molecule has 1 fully saturated rings. The molecule has 0 aromatic heterocycles. The summed E-state index contributed by atoms with van der Waals surface area (Å²) >= 11 is 12.0. The first-order chi connectivity index (χ1) is 10.5. The molecule has 1 aromatic carbocycles. The van der Waals surface area contributed by atoms with E-state index >= 15 is 0 Å². The van der Waals surface area contributed by atoms with Gasteiger partial charge in [0.1, 0.15) is 0 Å². The van der Waals surface area contributed by atoms with Crippen LogP contribution in [0.2, 0.25) is 10.0 Å². The summed E-state index contributed by atoms with van der Waals surface area (Å²) in [5.41, 5.74) is 0.479. The molecular formula is C15H18Cl2N2O3. The van der Waals surface area contributed by atoms with E-state index in [9.17, 15) is 9.59 Å². The Hall–Kier alpha value is -1.46. The minimum atomic E-state index is -0.374. The highest BCUT2D eigenvalue weighted by Gasteiger charge is 2.29. The molecule has 0 radical (unpaired) electrons. The van der Waals surface area contributed by atoms with E-state index in [1.54, 1.807) is 30.0 Å². The van der Waals surface area contributed by atoms with E-state index in [0.717, 1.165) is 12.8 Å². The summed E-state index contributed by atoms with van der Waals surface area (Å²) in [5, 5.41) is 3.48. The third-order valence-corrected chi connectivity index (χ3v) is 4.35. The normalized spacial score (nSPS) is 18.0. The summed E-state index contributed by atoms with van der Waals surface area (Å²) in [6, 6.07) is 5.07. The van der Waals surface area contributed by atoms with Gasteiger partial charge in [-0.15, -0.1) is 0 Å². The Labute approximate surface area is 139 Å². The Morgan fingerprint density at radius 2 is 2.18 bits per heavy atom. The maximum atomic E-state index is 12.4. The summed E-state index contributed by atoms with van der Waals surface area (Å²) in [4.78, 5) is 25.7. The molecule has 1 aliphatic heterocycles. The quantitative estimate of drug-likeness (QED) is 0.907. The van der Waals surface area contributed by atoms with E-state index in [1.807, 2.05) is 0 Å². The zero-order valence-electron chi connectivity index (χ0n) is 12.3. The monoisotopic (exact) mass is 344 g/mol. The van der Waals surface area contributed by atoms with Crippen LogP contribution in [0.15, 0.2) is 18.2 Å². The predicted molar refractivity (Wildman–Crippen MR) is 86.4 cm³/mol. The molecule has 0 saturated carbocycles. The van der Waals surface area contributed by atoms with Gasteiger partial charge in [0.2, 0.25) is 5.91 Å². The second-order valence-electron chi connectivity index (χ2n) is 5.07. The Kier molecular flexibility index (Phi) is 5.91. The molecule has 5 nitrogen and oxygen atoms in total. The van der Waals surface area contributed by atoms with Crippen molar-refractivity contribution in [2.24, 2.45) is 5.92 Å². The summed E-state index contributed by atoms with van der Waals surface area (Å²) in [5.74, 6) is -0.452. The van der Waals surface area contributed by atoms with Crippen molar-refractivity contribution in [3.05, 3.63) is 28.2 Å². The Balaban J connectivity index is 2.00. The molecule has 1 aliphatic rings. The van der Waals surface area contributed by atoms with Crippen molar-refractivity contribution in [1.82, 2.24) is 4.90 Å². The topological polar surface area (TPSA) is 58.6 Å². The fraction of sp³-hybridized carbons (Fsp3) is 0.467. The van der Waals surface area contributed by atoms with Crippen molar-refractivity contribution in [1.29, 1.82) is 0 Å². The highest BCUT2D eigenvalue weighted by Crippen LogP contribution is 2.30. The molecule has 2 amide bonds. The molecule has 120 valence electrons. The molecule has 1 aromatic rings. The zero-order valence-corrected chi connectivity index (χ0v) is 13.8. The largest absolute Gasteiger partial charge is 0.450 e. The number of rotatable bonds is 3. The van der Waals surface area contributed by atoms with Gasteiger partial charge < -0.3 is 15.0 Å². The SMILES string of the molecule is CCOC(=O)N1CCCC(C(=O)Nc2cccc(Cl)c2Cl)C1. The zero-order chi connectivity index (χ0) is 16.1. The number of nitrogens with zero attached hydrogens (tertiary/aromatic N) is 1. The van der Waals surface area contributed by atoms with Gasteiger partial charge in [-0.25, -0.2) is 4.79 Å². The molecule has 22 heavy (non-hydrogen) atoms. The average Bonchev–Trinajstić information content (AvgIpc) is 2.52. The molecule has 1 heterocycles. The van der Waals surface area contributed by atoms with Crippen molar-refractivity contribution in [3.63, 3.8) is 0 Å². The van der Waals surface area contributed by atoms with Crippen LogP contribution in [0.4, 0.5) is 10.5 Å². The van der Waals surface area contributed by atoms with E-state index in [2.05, 4.69) is 5.32 Å². The van der Waals surface area contributed by atoms with Crippen LogP contribution in [0.5, 0.6) is 0 Å². The van der Waals surface area contributed by atoms with Crippen molar-refractivity contribution >= 4 is 40.9 Å². The van der Waals surface area contributed by atoms with E-state index in [-0.39, 0.29) is 17.9 Å². The molecule has 7 heteroatoms. The standard InChI is InChI=1S/C15H18Cl2N2O3/c1-2-22-15(21)19-8-4-5-10(9-19)14(20)18-12-7-3-6-11(16)13(12)17/h3,6-7,10H,2,4-5,8-9H2,1H3,(H,18,20). The summed E-state index contributed by atoms with van der Waals surface area (Å²) in [6.07, 6.45) is 1.11. The fourth-order valence-corrected chi connectivity index (χ4v) is 2.75. The maximum Gasteiger partial charge on any atom is 0.409 e. The Bertz CT molecular complexity index is 566. The number of carbonyl (C=O) groups excluding carboxylic acids is 2. The van der Waals surface area contributed by atoms with Crippen LogP contribution >= 0.6 is 23.2 Å². The number of amides is 2. The highest BCUT2D eigenvalue weighted by molar-refractivity contribution is 6.44. The molecule has 1 saturated heterocycles. The van der Waals surface area contributed by atoms with Crippen molar-refractivity contribution in [2.45, 2.75) is 19.8 Å². The van der Waals surface area contributed by atoms with Gasteiger partial charge in [0.25, 0.3) is 0 Å². The highest BCUT2D eigenvalue weighted by atomic mass is 35.5. The van der Waals surface area contributed by atoms with Crippen LogP contribution in [0.25, 0.3) is 0 Å². The fourth-order valence-electron chi connectivity index (χ4n) is 2.41. The van der Waals surface area contributed by atoms with E-state index in [4.69, 9.17) is 27.9 Å². The summed E-state index contributed by atoms with van der Waals surface area (Å²) < 4.78 is 4.98. The van der Waals surface area contributed by atoms with Crippen molar-refractivity contribution < 1.29 is 14.3 Å². The third-order valence-electron chi connectivity index (χ3n) is 3.53. The van der Waals surface area contributed by atoms with Gasteiger partial charge in [-0.3, -0.25) is 4.79 Å². The Morgan fingerprint density at radius 1 is 1.41 bits per heavy atom. The first-order valence-corrected chi connectivity index (χ1v) is 7.95. The van der Waals surface area contributed by atoms with Gasteiger partial charge in [0, 0.05) is 13.1 Å². The number of piperidine rings is 1. The number of benzene rings is 1. The van der Waals surface area contributed by atoms with Gasteiger partial charge >= 0.3 is 6.09 Å². The molecule has 1 N–H and O–H groups in total. The second kappa shape index (κ2) is 7.70. The van der Waals surface area contributed by atoms with Crippen molar-refractivity contribution in [2.75, 3.05) is 25.0 Å². The van der Waals surface area contributed by atoms with E-state index in [1.165, 1.54) is 0 Å². The van der Waals surface area contributed by atoms with Crippen LogP contribution in [-0.2, 0) is 9.53 Å². The third kappa shape index (κ3) is 4.05. The molecule has 0 bridgehead atoms. The number of nitrogens with one attached hydrogen (secondary N) is 1. The van der Waals surface area contributed by atoms with E-state index in [0.29, 0.717) is 35.4 Å². The summed E-state index contributed by atoms with van der Waals surface area (Å²) in [7, 11) is 0. The van der Waals surface area contributed by atoms with Crippen LogP contribution in [0.1, 0.15) is 19.8 Å². The molecule has 2 rings (SSSR count). The van der Waals surface area contributed by atoms with Crippen LogP contribution in [0, 0.1) is 5.92 Å². The average molecular weight is 345 g/mol. The number of hydrogen-bond donors (Lipinski definition) is 1. The minimum Gasteiger partial charge on any atom is -0.450 e. The number of hydrogen-bond acceptors (Lipinski definition) is 3. The lowest BCUT2D eigenvalue weighted by Crippen LogP contribution is -2.44. The first-order valence-electron chi connectivity index (χ1n) is 7.19. The first kappa shape index (κ1) is 16.9. The molecule has 0 spiro atoms. The minimum absolute atomic E-state index is 0.168. The lowest BCUT2D eigenvalue weighted by atomic mass is 9.97. The van der Waals surface area contributed by atoms with Crippen LogP contribution in [-0.4, -0.2) is 36.6 Å². The lowest BCUT2D eigenvalue weighted by Gasteiger charge is -2.31. The van der Waals surface area contributed by atoms with Gasteiger partial charge in [-0.1, -0.05) is 29.3 Å². The molecule has 0 aliphatic carbocycles. The molecule has 1 atom stereocenters. The lowest BCUT2D eigenvalue weighted by molar-refractivity contribution is -0.121. The van der Waals surface area contributed by atoms with E-state index < -0.39 is 0 Å². The number of ether oxygens (including phenoxy) is 1. The number of carbonyl (C=O) groups is 2. The van der Waals surface area contributed by atoms with Crippen molar-refractivity contribution in [3.8, 4) is 0 Å². The van der Waals surface area contributed by atoms with Gasteiger partial charge in [-0.05, 0) is 31.9 Å². The maximum absolute atomic E-state index is 12.4. The molecular weight excluding hydrogens is 327 g/mol. The van der Waals surface area contributed by atoms with Gasteiger partial charge in [-0.2, -0.15) is 0 Å².